The molecule has 0 unspecified atom stereocenters. The van der Waals surface area contributed by atoms with Crippen molar-refractivity contribution >= 4 is 27.9 Å². The van der Waals surface area contributed by atoms with Crippen molar-refractivity contribution < 1.29 is 13.2 Å². The predicted octanol–water partition coefficient (Wildman–Crippen LogP) is 1.10. The predicted molar refractivity (Wildman–Crippen MR) is 87.7 cm³/mol. The maximum absolute atomic E-state index is 13.0. The van der Waals surface area contributed by atoms with Crippen molar-refractivity contribution in [3.8, 4) is 0 Å². The number of nitrogens with zero attached hydrogens (tertiary/aromatic N) is 3. The van der Waals surface area contributed by atoms with E-state index in [1.54, 1.807) is 16.1 Å². The number of hydrogen-bond acceptors (Lipinski definition) is 4. The van der Waals surface area contributed by atoms with Gasteiger partial charge in [0.15, 0.2) is 0 Å². The molecular formula is C14H25N3O3S2. The Morgan fingerprint density at radius 3 is 2.41 bits per heavy atom. The Bertz CT molecular complexity index is 519. The maximum Gasteiger partial charge on any atom is 0.283 e. The second-order valence-corrected chi connectivity index (χ2v) is 9.23. The maximum atomic E-state index is 13.0. The molecule has 3 rings (SSSR count). The van der Waals surface area contributed by atoms with Crippen LogP contribution in [0.5, 0.6) is 0 Å². The minimum atomic E-state index is -3.54. The van der Waals surface area contributed by atoms with Gasteiger partial charge in [-0.05, 0) is 32.6 Å². The summed E-state index contributed by atoms with van der Waals surface area (Å²) in [4.78, 5) is 14.5. The molecule has 0 aromatic carbocycles. The quantitative estimate of drug-likeness (QED) is 0.767. The van der Waals surface area contributed by atoms with Crippen LogP contribution in [-0.2, 0) is 15.0 Å². The summed E-state index contributed by atoms with van der Waals surface area (Å²) in [6, 6.07) is -0.478. The Morgan fingerprint density at radius 2 is 1.73 bits per heavy atom. The van der Waals surface area contributed by atoms with Crippen LogP contribution in [0.25, 0.3) is 0 Å². The van der Waals surface area contributed by atoms with E-state index in [1.807, 2.05) is 11.8 Å². The molecule has 3 aliphatic rings. The first-order chi connectivity index (χ1) is 10.5. The number of hydrogen-bond donors (Lipinski definition) is 0. The van der Waals surface area contributed by atoms with Gasteiger partial charge < -0.3 is 4.90 Å². The lowest BCUT2D eigenvalue weighted by molar-refractivity contribution is -0.133. The summed E-state index contributed by atoms with van der Waals surface area (Å²) in [5.74, 6) is 0.975. The highest BCUT2D eigenvalue weighted by molar-refractivity contribution is 8.00. The second kappa shape index (κ2) is 6.67. The van der Waals surface area contributed by atoms with Crippen molar-refractivity contribution in [2.24, 2.45) is 0 Å². The molecule has 3 saturated heterocycles. The molecule has 126 valence electrons. The van der Waals surface area contributed by atoms with Gasteiger partial charge >= 0.3 is 0 Å². The van der Waals surface area contributed by atoms with Gasteiger partial charge in [-0.15, -0.1) is 11.8 Å². The number of carbonyl (C=O) groups excluding carboxylic acids is 1. The van der Waals surface area contributed by atoms with E-state index in [0.717, 1.165) is 45.2 Å². The van der Waals surface area contributed by atoms with Crippen LogP contribution < -0.4 is 0 Å². The fourth-order valence-corrected chi connectivity index (χ4v) is 7.08. The van der Waals surface area contributed by atoms with E-state index in [1.165, 1.54) is 4.31 Å². The molecule has 3 heterocycles. The van der Waals surface area contributed by atoms with E-state index in [9.17, 15) is 13.2 Å². The largest absolute Gasteiger partial charge is 0.341 e. The first-order valence-corrected chi connectivity index (χ1v) is 10.7. The van der Waals surface area contributed by atoms with E-state index in [2.05, 4.69) is 0 Å². The first kappa shape index (κ1) is 16.5. The zero-order valence-electron chi connectivity index (χ0n) is 13.1. The van der Waals surface area contributed by atoms with Crippen LogP contribution in [0.4, 0.5) is 0 Å². The molecular weight excluding hydrogens is 322 g/mol. The molecule has 6 nitrogen and oxygen atoms in total. The van der Waals surface area contributed by atoms with Gasteiger partial charge in [-0.3, -0.25) is 4.79 Å². The van der Waals surface area contributed by atoms with Crippen molar-refractivity contribution in [2.45, 2.75) is 51.1 Å². The fraction of sp³-hybridized carbons (Fsp3) is 0.929. The first-order valence-electron chi connectivity index (χ1n) is 8.17. The third-order valence-corrected chi connectivity index (χ3v) is 8.17. The van der Waals surface area contributed by atoms with E-state index in [0.29, 0.717) is 18.2 Å². The van der Waals surface area contributed by atoms with E-state index >= 15 is 0 Å². The molecule has 22 heavy (non-hydrogen) atoms. The molecule has 0 bridgehead atoms. The number of thioether (sulfide) groups is 1. The third kappa shape index (κ3) is 3.02. The van der Waals surface area contributed by atoms with E-state index in [-0.39, 0.29) is 11.9 Å². The van der Waals surface area contributed by atoms with Gasteiger partial charge in [-0.25, -0.2) is 0 Å². The van der Waals surface area contributed by atoms with Crippen LogP contribution in [0.3, 0.4) is 0 Å². The average Bonchev–Trinajstić information content (AvgIpc) is 3.18. The standard InChI is InChI=1S/C14H25N3O3S2/c1-12-6-2-3-9-16(12)22(19,20)17-11-21-10-13(17)14(18)15-7-4-5-8-15/h12-13H,2-11H2,1H3/t12-,13-/m0/s1. The molecule has 0 spiro atoms. The number of amides is 1. The van der Waals surface area contributed by atoms with Crippen LogP contribution in [0, 0.1) is 0 Å². The number of piperidine rings is 1. The average molecular weight is 348 g/mol. The monoisotopic (exact) mass is 347 g/mol. The van der Waals surface area contributed by atoms with Crippen molar-refractivity contribution in [3.05, 3.63) is 0 Å². The second-order valence-electron chi connectivity index (χ2n) is 6.40. The van der Waals surface area contributed by atoms with Crippen LogP contribution in [-0.4, -0.2) is 71.2 Å². The third-order valence-electron chi connectivity index (χ3n) is 4.88. The lowest BCUT2D eigenvalue weighted by Gasteiger charge is -2.36. The molecule has 0 aromatic heterocycles. The van der Waals surface area contributed by atoms with Gasteiger partial charge in [0, 0.05) is 31.4 Å². The molecule has 0 aliphatic carbocycles. The SMILES string of the molecule is C[C@H]1CCCCN1S(=O)(=O)N1CSC[C@H]1C(=O)N1CCCC1. The summed E-state index contributed by atoms with van der Waals surface area (Å²) in [5, 5.41) is 0. The molecule has 0 saturated carbocycles. The lowest BCUT2D eigenvalue weighted by atomic mass is 10.1. The highest BCUT2D eigenvalue weighted by Crippen LogP contribution is 2.31. The summed E-state index contributed by atoms with van der Waals surface area (Å²) >= 11 is 1.54. The molecule has 8 heteroatoms. The van der Waals surface area contributed by atoms with Crippen LogP contribution in [0.2, 0.25) is 0 Å². The number of carbonyl (C=O) groups is 1. The Kier molecular flexibility index (Phi) is 5.01. The van der Waals surface area contributed by atoms with E-state index in [4.69, 9.17) is 0 Å². The zero-order valence-corrected chi connectivity index (χ0v) is 14.7. The van der Waals surface area contributed by atoms with Gasteiger partial charge in [-0.1, -0.05) is 6.42 Å². The van der Waals surface area contributed by atoms with Gasteiger partial charge in [0.25, 0.3) is 10.2 Å². The Morgan fingerprint density at radius 1 is 1.05 bits per heavy atom. The Labute approximate surface area is 137 Å². The van der Waals surface area contributed by atoms with Crippen LogP contribution in [0.15, 0.2) is 0 Å². The molecule has 0 radical (unpaired) electrons. The molecule has 1 amide bonds. The molecule has 0 N–H and O–H groups in total. The molecule has 2 atom stereocenters. The number of rotatable bonds is 3. The van der Waals surface area contributed by atoms with Crippen molar-refractivity contribution in [3.63, 3.8) is 0 Å². The Balaban J connectivity index is 1.77. The molecule has 3 fully saturated rings. The van der Waals surface area contributed by atoms with Crippen LogP contribution in [0.1, 0.15) is 39.0 Å². The van der Waals surface area contributed by atoms with Gasteiger partial charge in [0.05, 0.1) is 5.88 Å². The summed E-state index contributed by atoms with van der Waals surface area (Å²) < 4.78 is 29.0. The van der Waals surface area contributed by atoms with Crippen molar-refractivity contribution in [1.29, 1.82) is 0 Å². The smallest absolute Gasteiger partial charge is 0.283 e. The Hall–Kier alpha value is -0.310. The fourth-order valence-electron chi connectivity index (χ4n) is 3.55. The summed E-state index contributed by atoms with van der Waals surface area (Å²) in [5.41, 5.74) is 0. The highest BCUT2D eigenvalue weighted by Gasteiger charge is 2.45. The minimum absolute atomic E-state index is 0.00395. The van der Waals surface area contributed by atoms with Gasteiger partial charge in [-0.2, -0.15) is 17.0 Å². The van der Waals surface area contributed by atoms with Crippen molar-refractivity contribution in [1.82, 2.24) is 13.5 Å². The minimum Gasteiger partial charge on any atom is -0.341 e. The lowest BCUT2D eigenvalue weighted by Crippen LogP contribution is -2.55. The summed E-state index contributed by atoms with van der Waals surface area (Å²) in [6.45, 7) is 4.09. The molecule has 0 aromatic rings. The summed E-state index contributed by atoms with van der Waals surface area (Å²) in [7, 11) is -3.54. The van der Waals surface area contributed by atoms with Crippen molar-refractivity contribution in [2.75, 3.05) is 31.3 Å². The normalized spacial score (nSPS) is 31.8. The van der Waals surface area contributed by atoms with Gasteiger partial charge in [0.1, 0.15) is 6.04 Å². The summed E-state index contributed by atoms with van der Waals surface area (Å²) in [6.07, 6.45) is 4.96. The van der Waals surface area contributed by atoms with Crippen LogP contribution >= 0.6 is 11.8 Å². The number of likely N-dealkylation sites (tertiary alicyclic amines) is 1. The van der Waals surface area contributed by atoms with E-state index < -0.39 is 16.3 Å². The molecule has 3 aliphatic heterocycles. The highest BCUT2D eigenvalue weighted by atomic mass is 32.2. The topological polar surface area (TPSA) is 60.9 Å². The van der Waals surface area contributed by atoms with Gasteiger partial charge in [0.2, 0.25) is 5.91 Å². The zero-order chi connectivity index (χ0) is 15.7.